The minimum absolute atomic E-state index is 0.0155. The monoisotopic (exact) mass is 542 g/mol. The van der Waals surface area contributed by atoms with E-state index in [1.54, 1.807) is 32.2 Å². The number of halogens is 1. The summed E-state index contributed by atoms with van der Waals surface area (Å²) in [7, 11) is 1.54. The molecule has 2 heterocycles. The summed E-state index contributed by atoms with van der Waals surface area (Å²) in [6.45, 7) is 6.54. The van der Waals surface area contributed by atoms with Crippen molar-refractivity contribution in [2.45, 2.75) is 20.8 Å². The number of rotatable bonds is 7. The van der Waals surface area contributed by atoms with Crippen LogP contribution in [0.25, 0.3) is 6.08 Å². The maximum absolute atomic E-state index is 12.5. The van der Waals surface area contributed by atoms with Gasteiger partial charge in [0.05, 0.1) is 22.2 Å². The molecule has 176 valence electrons. The van der Waals surface area contributed by atoms with Crippen LogP contribution in [0.3, 0.4) is 0 Å². The molecule has 2 aliphatic rings. The number of aryl methyl sites for hydroxylation is 2. The van der Waals surface area contributed by atoms with E-state index in [1.807, 2.05) is 26.0 Å². The molecule has 2 aliphatic heterocycles. The summed E-state index contributed by atoms with van der Waals surface area (Å²) < 4.78 is 17.9. The number of fused-ring (bicyclic) bond motifs is 1. The van der Waals surface area contributed by atoms with E-state index in [9.17, 15) is 4.79 Å². The van der Waals surface area contributed by atoms with Crippen LogP contribution >= 0.6 is 27.7 Å². The second-order valence-corrected chi connectivity index (χ2v) is 9.65. The average Bonchev–Trinajstić information content (AvgIpc) is 3.16. The lowest BCUT2D eigenvalue weighted by molar-refractivity contribution is -0.114. The number of hydrogen-bond donors (Lipinski definition) is 1. The number of methoxy groups -OCH3 is 1. The fraction of sp³-hybridized carbons (Fsp3) is 0.250. The number of ether oxygens (including phenoxy) is 3. The highest BCUT2D eigenvalue weighted by Gasteiger charge is 2.34. The normalized spacial score (nSPS) is 16.4. The fourth-order valence-electron chi connectivity index (χ4n) is 3.47. The molecule has 0 saturated carbocycles. The molecule has 10 heteroatoms. The van der Waals surface area contributed by atoms with Gasteiger partial charge in [0.25, 0.3) is 5.91 Å². The Morgan fingerprint density at radius 1 is 1.12 bits per heavy atom. The number of benzene rings is 2. The molecular weight excluding hydrogens is 520 g/mol. The Bertz CT molecular complexity index is 1270. The second-order valence-electron chi connectivity index (χ2n) is 7.64. The molecule has 2 aromatic rings. The Morgan fingerprint density at radius 3 is 2.62 bits per heavy atom. The van der Waals surface area contributed by atoms with Gasteiger partial charge < -0.3 is 14.2 Å². The summed E-state index contributed by atoms with van der Waals surface area (Å²) in [6, 6.07) is 9.57. The van der Waals surface area contributed by atoms with Gasteiger partial charge in [-0.2, -0.15) is 15.1 Å². The number of nitrogens with one attached hydrogen (secondary N) is 1. The zero-order valence-corrected chi connectivity index (χ0v) is 21.5. The minimum atomic E-state index is -0.479. The SMILES string of the molecule is COc1cc(/C=C2\C(=N)N3N=C(C)SC3=NC2=O)cc(Br)c1OCCOc1ccc(C)cc1C. The maximum Gasteiger partial charge on any atom is 0.283 e. The molecule has 4 rings (SSSR count). The fourth-order valence-corrected chi connectivity index (χ4v) is 4.78. The van der Waals surface area contributed by atoms with Crippen LogP contribution in [0.15, 0.2) is 50.5 Å². The number of amides is 1. The van der Waals surface area contributed by atoms with Crippen LogP contribution in [0.4, 0.5) is 0 Å². The summed E-state index contributed by atoms with van der Waals surface area (Å²) in [5, 5.41) is 15.1. The molecule has 0 spiro atoms. The summed E-state index contributed by atoms with van der Waals surface area (Å²) >= 11 is 4.79. The Labute approximate surface area is 210 Å². The van der Waals surface area contributed by atoms with Gasteiger partial charge in [-0.15, -0.1) is 0 Å². The van der Waals surface area contributed by atoms with Crippen LogP contribution in [-0.4, -0.2) is 47.3 Å². The van der Waals surface area contributed by atoms with Crippen molar-refractivity contribution >= 4 is 55.7 Å². The highest BCUT2D eigenvalue weighted by atomic mass is 79.9. The number of thioether (sulfide) groups is 1. The molecular formula is C24H23BrN4O4S. The van der Waals surface area contributed by atoms with Gasteiger partial charge in [0, 0.05) is 0 Å². The standard InChI is InChI=1S/C24H23BrN4O4S/c1-13-5-6-19(14(2)9-13)32-7-8-33-21-18(25)11-16(12-20(21)31-4)10-17-22(26)29-24(27-23(17)30)34-15(3)28-29/h5-6,9-12,26H,7-8H2,1-4H3/b17-10+,26-22?. The highest BCUT2D eigenvalue weighted by molar-refractivity contribution is 9.10. The van der Waals surface area contributed by atoms with Gasteiger partial charge >= 0.3 is 0 Å². The summed E-state index contributed by atoms with van der Waals surface area (Å²) in [4.78, 5) is 16.6. The second kappa shape index (κ2) is 10.0. The number of aliphatic imine (C=N–C) groups is 1. The van der Waals surface area contributed by atoms with Gasteiger partial charge in [-0.1, -0.05) is 17.7 Å². The summed E-state index contributed by atoms with van der Waals surface area (Å²) in [5.41, 5.74) is 3.06. The largest absolute Gasteiger partial charge is 0.493 e. The average molecular weight is 543 g/mol. The number of hydrogen-bond acceptors (Lipinski definition) is 7. The van der Waals surface area contributed by atoms with Crippen LogP contribution < -0.4 is 14.2 Å². The van der Waals surface area contributed by atoms with Gasteiger partial charge in [-0.05, 0) is 83.9 Å². The number of carbonyl (C=O) groups excluding carboxylic acids is 1. The Hall–Kier alpha value is -3.11. The molecule has 1 amide bonds. The molecule has 0 bridgehead atoms. The third-order valence-electron chi connectivity index (χ3n) is 5.04. The van der Waals surface area contributed by atoms with Crippen LogP contribution in [0.2, 0.25) is 0 Å². The Kier molecular flexibility index (Phi) is 7.08. The molecule has 34 heavy (non-hydrogen) atoms. The van der Waals surface area contributed by atoms with Gasteiger partial charge in [0.1, 0.15) is 19.0 Å². The topological polar surface area (TPSA) is 96.6 Å². The lowest BCUT2D eigenvalue weighted by Crippen LogP contribution is -2.35. The molecule has 2 aromatic carbocycles. The van der Waals surface area contributed by atoms with E-state index >= 15 is 0 Å². The van der Waals surface area contributed by atoms with Crippen molar-refractivity contribution in [1.29, 1.82) is 5.41 Å². The molecule has 1 N–H and O–H groups in total. The van der Waals surface area contributed by atoms with Crippen molar-refractivity contribution in [3.63, 3.8) is 0 Å². The zero-order valence-electron chi connectivity index (χ0n) is 19.1. The lowest BCUT2D eigenvalue weighted by Gasteiger charge is -2.20. The quantitative estimate of drug-likeness (QED) is 0.382. The van der Waals surface area contributed by atoms with Crippen LogP contribution in [0, 0.1) is 19.3 Å². The van der Waals surface area contributed by atoms with E-state index in [2.05, 4.69) is 32.1 Å². The Balaban J connectivity index is 1.49. The van der Waals surface area contributed by atoms with Crippen LogP contribution in [0.5, 0.6) is 17.2 Å². The Morgan fingerprint density at radius 2 is 1.88 bits per heavy atom. The number of carbonyl (C=O) groups is 1. The summed E-state index contributed by atoms with van der Waals surface area (Å²) in [5.74, 6) is 1.34. The van der Waals surface area contributed by atoms with Gasteiger partial charge in [0.2, 0.25) is 5.17 Å². The first-order valence-electron chi connectivity index (χ1n) is 10.4. The highest BCUT2D eigenvalue weighted by Crippen LogP contribution is 2.38. The van der Waals surface area contributed by atoms with Crippen LogP contribution in [-0.2, 0) is 4.79 Å². The number of nitrogens with zero attached hydrogens (tertiary/aromatic N) is 3. The lowest BCUT2D eigenvalue weighted by atomic mass is 10.1. The van der Waals surface area contributed by atoms with Crippen molar-refractivity contribution in [3.8, 4) is 17.2 Å². The van der Waals surface area contributed by atoms with Crippen LogP contribution in [0.1, 0.15) is 23.6 Å². The van der Waals surface area contributed by atoms with E-state index < -0.39 is 5.91 Å². The van der Waals surface area contributed by atoms with Crippen molar-refractivity contribution in [2.24, 2.45) is 10.1 Å². The van der Waals surface area contributed by atoms with Crippen molar-refractivity contribution in [3.05, 3.63) is 57.1 Å². The summed E-state index contributed by atoms with van der Waals surface area (Å²) in [6.07, 6.45) is 1.60. The van der Waals surface area contributed by atoms with Gasteiger partial charge in [-0.25, -0.2) is 0 Å². The van der Waals surface area contributed by atoms with Crippen molar-refractivity contribution in [1.82, 2.24) is 5.01 Å². The third kappa shape index (κ3) is 5.02. The van der Waals surface area contributed by atoms with Crippen molar-refractivity contribution < 1.29 is 19.0 Å². The first-order valence-corrected chi connectivity index (χ1v) is 12.0. The minimum Gasteiger partial charge on any atom is -0.493 e. The molecule has 0 saturated heterocycles. The van der Waals surface area contributed by atoms with E-state index in [-0.39, 0.29) is 11.4 Å². The van der Waals surface area contributed by atoms with Gasteiger partial charge in [-0.3, -0.25) is 10.2 Å². The molecule has 0 atom stereocenters. The first-order chi connectivity index (χ1) is 16.3. The molecule has 0 unspecified atom stereocenters. The van der Waals surface area contributed by atoms with E-state index in [4.69, 9.17) is 19.6 Å². The molecule has 0 fully saturated rings. The predicted molar refractivity (Wildman–Crippen MR) is 138 cm³/mol. The van der Waals surface area contributed by atoms with E-state index in [1.165, 1.54) is 22.3 Å². The molecule has 0 aromatic heterocycles. The first kappa shape index (κ1) is 24.0. The van der Waals surface area contributed by atoms with E-state index in [0.29, 0.717) is 39.9 Å². The molecule has 0 aliphatic carbocycles. The number of hydrazone groups is 1. The molecule has 0 radical (unpaired) electrons. The van der Waals surface area contributed by atoms with Gasteiger partial charge in [0.15, 0.2) is 17.3 Å². The van der Waals surface area contributed by atoms with Crippen molar-refractivity contribution in [2.75, 3.05) is 20.3 Å². The maximum atomic E-state index is 12.5. The molecule has 8 nitrogen and oxygen atoms in total. The van der Waals surface area contributed by atoms with E-state index in [0.717, 1.165) is 16.4 Å². The smallest absolute Gasteiger partial charge is 0.283 e. The number of amidine groups is 2. The zero-order chi connectivity index (χ0) is 24.4. The third-order valence-corrected chi connectivity index (χ3v) is 6.45. The predicted octanol–water partition coefficient (Wildman–Crippen LogP) is 5.17.